The van der Waals surface area contributed by atoms with Gasteiger partial charge in [-0.1, -0.05) is 89.9 Å². The molecule has 164 valence electrons. The molecule has 0 saturated carbocycles. The summed E-state index contributed by atoms with van der Waals surface area (Å²) in [5.41, 5.74) is 4.26. The fraction of sp³-hybridized carbons (Fsp3) is 0.174. The van der Waals surface area contributed by atoms with Crippen molar-refractivity contribution in [1.29, 1.82) is 0 Å². The van der Waals surface area contributed by atoms with E-state index in [9.17, 15) is 4.79 Å². The van der Waals surface area contributed by atoms with Gasteiger partial charge in [-0.25, -0.2) is 4.98 Å². The van der Waals surface area contributed by atoms with Crippen LogP contribution in [0, 0.1) is 0 Å². The molecule has 0 fully saturated rings. The number of benzene rings is 2. The van der Waals surface area contributed by atoms with Gasteiger partial charge in [0.15, 0.2) is 5.16 Å². The first-order valence-electron chi connectivity index (χ1n) is 9.93. The van der Waals surface area contributed by atoms with Crippen LogP contribution in [0.25, 0.3) is 11.3 Å². The molecule has 5 nitrogen and oxygen atoms in total. The summed E-state index contributed by atoms with van der Waals surface area (Å²) in [7, 11) is 0. The Kier molecular flexibility index (Phi) is 7.26. The Morgan fingerprint density at radius 2 is 1.69 bits per heavy atom. The van der Waals surface area contributed by atoms with Crippen LogP contribution in [0.2, 0.25) is 15.1 Å². The molecule has 2 aromatic carbocycles. The quantitative estimate of drug-likeness (QED) is 0.220. The highest BCUT2D eigenvalue weighted by Crippen LogP contribution is 2.32. The molecule has 2 N–H and O–H groups in total. The third kappa shape index (κ3) is 4.89. The van der Waals surface area contributed by atoms with Crippen molar-refractivity contribution >= 4 is 46.6 Å². The predicted octanol–water partition coefficient (Wildman–Crippen LogP) is 6.57. The summed E-state index contributed by atoms with van der Waals surface area (Å²) in [5.74, 6) is 0.472. The third-order valence-corrected chi connectivity index (χ3v) is 7.03. The van der Waals surface area contributed by atoms with Gasteiger partial charge in [0.25, 0.3) is 5.56 Å². The van der Waals surface area contributed by atoms with E-state index in [0.717, 1.165) is 16.8 Å². The maximum Gasteiger partial charge on any atom is 0.254 e. The molecule has 0 spiro atoms. The Hall–Kier alpha value is -2.25. The van der Waals surface area contributed by atoms with Crippen LogP contribution in [-0.2, 0) is 18.6 Å². The first kappa shape index (κ1) is 22.9. The van der Waals surface area contributed by atoms with Crippen molar-refractivity contribution in [2.75, 3.05) is 0 Å². The van der Waals surface area contributed by atoms with Crippen molar-refractivity contribution in [3.63, 3.8) is 0 Å². The van der Waals surface area contributed by atoms with Gasteiger partial charge in [0.05, 0.1) is 16.4 Å². The maximum absolute atomic E-state index is 12.7. The molecular weight excluding hydrogens is 487 g/mol. The molecule has 9 heteroatoms. The second-order valence-corrected chi connectivity index (χ2v) is 9.20. The lowest BCUT2D eigenvalue weighted by molar-refractivity contribution is 0.834. The minimum atomic E-state index is -0.163. The van der Waals surface area contributed by atoms with E-state index >= 15 is 0 Å². The van der Waals surface area contributed by atoms with E-state index in [4.69, 9.17) is 39.8 Å². The number of nitrogens with zero attached hydrogens (tertiary/aromatic N) is 2. The van der Waals surface area contributed by atoms with E-state index in [0.29, 0.717) is 55.8 Å². The number of rotatable bonds is 7. The fourth-order valence-corrected chi connectivity index (χ4v) is 5.06. The number of H-pyrrole nitrogens is 2. The molecule has 4 rings (SSSR count). The van der Waals surface area contributed by atoms with Crippen LogP contribution in [0.4, 0.5) is 0 Å². The summed E-state index contributed by atoms with van der Waals surface area (Å²) in [4.78, 5) is 20.3. The fourth-order valence-electron chi connectivity index (χ4n) is 3.36. The van der Waals surface area contributed by atoms with Crippen molar-refractivity contribution in [1.82, 2.24) is 20.2 Å². The number of hydrogen-bond donors (Lipinski definition) is 2. The first-order chi connectivity index (χ1) is 15.5. The van der Waals surface area contributed by atoms with Gasteiger partial charge in [-0.3, -0.25) is 9.89 Å². The number of halogens is 3. The molecule has 0 atom stereocenters. The molecule has 0 aliphatic rings. The SMILES string of the molecule is CCc1c(Cc2c(Cl)cccc2Cl)nc(SCc2[nH]nc(-c3ccccc3)c2Cl)[nH]c1=O. The van der Waals surface area contributed by atoms with E-state index in [-0.39, 0.29) is 5.56 Å². The van der Waals surface area contributed by atoms with Gasteiger partial charge in [0.2, 0.25) is 0 Å². The van der Waals surface area contributed by atoms with Crippen LogP contribution in [0.1, 0.15) is 29.4 Å². The van der Waals surface area contributed by atoms with Gasteiger partial charge in [0.1, 0.15) is 5.69 Å². The second-order valence-electron chi connectivity index (χ2n) is 7.05. The van der Waals surface area contributed by atoms with Gasteiger partial charge in [-0.05, 0) is 24.1 Å². The highest BCUT2D eigenvalue weighted by molar-refractivity contribution is 7.98. The summed E-state index contributed by atoms with van der Waals surface area (Å²) < 4.78 is 0. The summed E-state index contributed by atoms with van der Waals surface area (Å²) in [6.07, 6.45) is 0.930. The number of thioether (sulfide) groups is 1. The van der Waals surface area contributed by atoms with Crippen molar-refractivity contribution in [2.24, 2.45) is 0 Å². The molecule has 0 amide bonds. The lowest BCUT2D eigenvalue weighted by Crippen LogP contribution is -2.18. The zero-order valence-corrected chi connectivity index (χ0v) is 20.2. The van der Waals surface area contributed by atoms with Gasteiger partial charge < -0.3 is 4.98 Å². The smallest absolute Gasteiger partial charge is 0.254 e. The molecule has 0 unspecified atom stereocenters. The highest BCUT2D eigenvalue weighted by atomic mass is 35.5. The molecular formula is C23H19Cl3N4OS. The van der Waals surface area contributed by atoms with Gasteiger partial charge >= 0.3 is 0 Å². The van der Waals surface area contributed by atoms with Crippen LogP contribution < -0.4 is 5.56 Å². The highest BCUT2D eigenvalue weighted by Gasteiger charge is 2.17. The van der Waals surface area contributed by atoms with E-state index < -0.39 is 0 Å². The number of aromatic nitrogens is 4. The first-order valence-corrected chi connectivity index (χ1v) is 12.1. The van der Waals surface area contributed by atoms with Crippen LogP contribution >= 0.6 is 46.6 Å². The minimum Gasteiger partial charge on any atom is -0.301 e. The summed E-state index contributed by atoms with van der Waals surface area (Å²) in [6.45, 7) is 1.92. The van der Waals surface area contributed by atoms with Crippen molar-refractivity contribution in [3.8, 4) is 11.3 Å². The van der Waals surface area contributed by atoms with E-state index in [1.54, 1.807) is 18.2 Å². The number of hydrogen-bond acceptors (Lipinski definition) is 4. The largest absolute Gasteiger partial charge is 0.301 e. The molecule has 0 aliphatic carbocycles. The van der Waals surface area contributed by atoms with Gasteiger partial charge in [0, 0.05) is 33.3 Å². The minimum absolute atomic E-state index is 0.163. The Labute approximate surface area is 204 Å². The van der Waals surface area contributed by atoms with Gasteiger partial charge in [-0.15, -0.1) is 0 Å². The zero-order valence-electron chi connectivity index (χ0n) is 17.1. The van der Waals surface area contributed by atoms with Crippen molar-refractivity contribution in [2.45, 2.75) is 30.7 Å². The van der Waals surface area contributed by atoms with Crippen LogP contribution in [0.15, 0.2) is 58.5 Å². The van der Waals surface area contributed by atoms with Crippen LogP contribution in [0.3, 0.4) is 0 Å². The monoisotopic (exact) mass is 504 g/mol. The Bertz CT molecular complexity index is 1280. The number of aromatic amines is 2. The summed E-state index contributed by atoms with van der Waals surface area (Å²) in [5, 5.41) is 9.49. The summed E-state index contributed by atoms with van der Waals surface area (Å²) >= 11 is 20.6. The van der Waals surface area contributed by atoms with Gasteiger partial charge in [-0.2, -0.15) is 5.10 Å². The lowest BCUT2D eigenvalue weighted by Gasteiger charge is -2.11. The molecule has 2 heterocycles. The Morgan fingerprint density at radius 3 is 2.38 bits per heavy atom. The second kappa shape index (κ2) is 10.1. The van der Waals surface area contributed by atoms with Crippen LogP contribution in [0.5, 0.6) is 0 Å². The Morgan fingerprint density at radius 1 is 0.969 bits per heavy atom. The topological polar surface area (TPSA) is 74.4 Å². The van der Waals surface area contributed by atoms with E-state index in [2.05, 4.69) is 15.2 Å². The standard InChI is InChI=1S/C23H19Cl3N4OS/c1-2-14-18(11-15-16(24)9-6-10-17(15)25)27-23(28-22(14)31)32-12-19-20(26)21(30-29-19)13-7-4-3-5-8-13/h3-10H,2,11-12H2,1H3,(H,29,30)(H,27,28,31). The van der Waals surface area contributed by atoms with Crippen molar-refractivity contribution < 1.29 is 0 Å². The molecule has 0 aliphatic heterocycles. The average Bonchev–Trinajstić information content (AvgIpc) is 3.15. The average molecular weight is 506 g/mol. The summed E-state index contributed by atoms with van der Waals surface area (Å²) in [6, 6.07) is 15.1. The Balaban J connectivity index is 1.59. The molecule has 0 saturated heterocycles. The molecule has 32 heavy (non-hydrogen) atoms. The zero-order chi connectivity index (χ0) is 22.7. The number of nitrogens with one attached hydrogen (secondary N) is 2. The molecule has 0 bridgehead atoms. The molecule has 0 radical (unpaired) electrons. The molecule has 4 aromatic rings. The van der Waals surface area contributed by atoms with E-state index in [1.807, 2.05) is 37.3 Å². The maximum atomic E-state index is 12.7. The third-order valence-electron chi connectivity index (χ3n) is 5.01. The van der Waals surface area contributed by atoms with E-state index in [1.165, 1.54) is 11.8 Å². The lowest BCUT2D eigenvalue weighted by atomic mass is 10.0. The van der Waals surface area contributed by atoms with Crippen molar-refractivity contribution in [3.05, 3.63) is 96.5 Å². The molecule has 2 aromatic heterocycles. The normalized spacial score (nSPS) is 11.1. The van der Waals surface area contributed by atoms with Crippen LogP contribution in [-0.4, -0.2) is 20.2 Å². The predicted molar refractivity (Wildman–Crippen MR) is 132 cm³/mol.